The first-order chi connectivity index (χ1) is 15.5. The Balaban J connectivity index is 1.51. The molecule has 0 bridgehead atoms. The molecule has 0 aliphatic carbocycles. The summed E-state index contributed by atoms with van der Waals surface area (Å²) in [5.74, 6) is -0.380. The van der Waals surface area contributed by atoms with Gasteiger partial charge in [-0.25, -0.2) is 9.37 Å². The number of nitrogens with one attached hydrogen (secondary N) is 1. The van der Waals surface area contributed by atoms with Gasteiger partial charge in [0.15, 0.2) is 5.16 Å². The molecule has 0 saturated carbocycles. The van der Waals surface area contributed by atoms with E-state index < -0.39 is 0 Å². The summed E-state index contributed by atoms with van der Waals surface area (Å²) >= 11 is 7.31. The number of carbonyl (C=O) groups is 1. The van der Waals surface area contributed by atoms with E-state index in [1.807, 2.05) is 6.07 Å². The van der Waals surface area contributed by atoms with Crippen LogP contribution in [0.2, 0.25) is 5.02 Å². The van der Waals surface area contributed by atoms with Crippen LogP contribution in [0, 0.1) is 5.82 Å². The number of rotatable bonds is 7. The van der Waals surface area contributed by atoms with Gasteiger partial charge < -0.3 is 5.32 Å². The van der Waals surface area contributed by atoms with Crippen LogP contribution in [-0.2, 0) is 11.2 Å². The topological polar surface area (TPSA) is 64.0 Å². The van der Waals surface area contributed by atoms with Crippen molar-refractivity contribution in [1.29, 1.82) is 0 Å². The molecule has 1 amide bonds. The Morgan fingerprint density at radius 1 is 1.06 bits per heavy atom. The number of hydrogen-bond donors (Lipinski definition) is 1. The number of para-hydroxylation sites is 1. The van der Waals surface area contributed by atoms with Crippen LogP contribution in [0.3, 0.4) is 0 Å². The number of nitrogens with zero attached hydrogens (tertiary/aromatic N) is 2. The summed E-state index contributed by atoms with van der Waals surface area (Å²) in [6, 6.07) is 20.2. The van der Waals surface area contributed by atoms with Gasteiger partial charge in [-0.3, -0.25) is 14.2 Å². The molecule has 4 rings (SSSR count). The van der Waals surface area contributed by atoms with Gasteiger partial charge in [-0.15, -0.1) is 0 Å². The van der Waals surface area contributed by atoms with Crippen LogP contribution in [0.4, 0.5) is 4.39 Å². The van der Waals surface area contributed by atoms with E-state index in [4.69, 9.17) is 11.6 Å². The lowest BCUT2D eigenvalue weighted by atomic mass is 10.1. The minimum atomic E-state index is -0.289. The molecule has 0 aliphatic heterocycles. The Morgan fingerprint density at radius 3 is 2.62 bits per heavy atom. The number of thioether (sulfide) groups is 1. The minimum absolute atomic E-state index is 0.0920. The standard InChI is InChI=1S/C24H19ClFN3O2S/c25-17-4-3-5-19(14-17)29-23(31)20-6-1-2-7-21(20)28-24(29)32-15-22(30)27-13-12-16-8-10-18(26)11-9-16/h1-11,14H,12-13,15H2,(H,27,30). The van der Waals surface area contributed by atoms with Gasteiger partial charge in [0.1, 0.15) is 5.82 Å². The molecular weight excluding hydrogens is 449 g/mol. The Bertz CT molecular complexity index is 1330. The molecule has 0 saturated heterocycles. The van der Waals surface area contributed by atoms with Crippen molar-refractivity contribution in [3.8, 4) is 5.69 Å². The molecule has 1 N–H and O–H groups in total. The smallest absolute Gasteiger partial charge is 0.266 e. The SMILES string of the molecule is O=C(CSc1nc2ccccc2c(=O)n1-c1cccc(Cl)c1)NCCc1ccc(F)cc1. The number of fused-ring (bicyclic) bond motifs is 1. The molecule has 0 unspecified atom stereocenters. The highest BCUT2D eigenvalue weighted by molar-refractivity contribution is 7.99. The maximum absolute atomic E-state index is 13.2. The Labute approximate surface area is 193 Å². The van der Waals surface area contributed by atoms with Crippen molar-refractivity contribution >= 4 is 40.2 Å². The second-order valence-electron chi connectivity index (χ2n) is 7.05. The van der Waals surface area contributed by atoms with E-state index in [-0.39, 0.29) is 23.0 Å². The molecule has 32 heavy (non-hydrogen) atoms. The minimum Gasteiger partial charge on any atom is -0.355 e. The van der Waals surface area contributed by atoms with Crippen LogP contribution in [0.5, 0.6) is 0 Å². The molecule has 0 aliphatic rings. The van der Waals surface area contributed by atoms with Crippen LogP contribution in [-0.4, -0.2) is 27.8 Å². The molecule has 5 nitrogen and oxygen atoms in total. The zero-order valence-electron chi connectivity index (χ0n) is 16.9. The lowest BCUT2D eigenvalue weighted by Crippen LogP contribution is -2.28. The van der Waals surface area contributed by atoms with Crippen LogP contribution < -0.4 is 10.9 Å². The van der Waals surface area contributed by atoms with Gasteiger partial charge in [0.2, 0.25) is 5.91 Å². The second-order valence-corrected chi connectivity index (χ2v) is 8.43. The predicted molar refractivity (Wildman–Crippen MR) is 126 cm³/mol. The van der Waals surface area contributed by atoms with E-state index in [9.17, 15) is 14.0 Å². The molecule has 0 spiro atoms. The van der Waals surface area contributed by atoms with Gasteiger partial charge in [-0.1, -0.05) is 53.7 Å². The highest BCUT2D eigenvalue weighted by atomic mass is 35.5. The summed E-state index contributed by atoms with van der Waals surface area (Å²) in [5, 5.41) is 4.24. The third-order valence-corrected chi connectivity index (χ3v) is 5.97. The summed E-state index contributed by atoms with van der Waals surface area (Å²) in [4.78, 5) is 30.2. The Morgan fingerprint density at radius 2 is 1.84 bits per heavy atom. The Kier molecular flexibility index (Phi) is 6.87. The molecule has 1 aromatic heterocycles. The number of aromatic nitrogens is 2. The lowest BCUT2D eigenvalue weighted by molar-refractivity contribution is -0.118. The number of hydrogen-bond acceptors (Lipinski definition) is 4. The van der Waals surface area contributed by atoms with Gasteiger partial charge in [0.05, 0.1) is 22.3 Å². The number of carbonyl (C=O) groups excluding carboxylic acids is 1. The number of amides is 1. The average molecular weight is 468 g/mol. The third kappa shape index (κ3) is 5.18. The van der Waals surface area contributed by atoms with Crippen molar-refractivity contribution in [3.63, 3.8) is 0 Å². The predicted octanol–water partition coefficient (Wildman–Crippen LogP) is 4.63. The van der Waals surface area contributed by atoms with Crippen molar-refractivity contribution in [1.82, 2.24) is 14.9 Å². The van der Waals surface area contributed by atoms with Gasteiger partial charge in [-0.05, 0) is 54.4 Å². The molecule has 0 atom stereocenters. The van der Waals surface area contributed by atoms with Crippen LogP contribution in [0.25, 0.3) is 16.6 Å². The normalized spacial score (nSPS) is 10.9. The Hall–Kier alpha value is -3.16. The van der Waals surface area contributed by atoms with Crippen molar-refractivity contribution in [3.05, 3.63) is 99.6 Å². The van der Waals surface area contributed by atoms with Crippen molar-refractivity contribution in [2.45, 2.75) is 11.6 Å². The summed E-state index contributed by atoms with van der Waals surface area (Å²) in [5.41, 5.74) is 1.86. The largest absolute Gasteiger partial charge is 0.355 e. The van der Waals surface area contributed by atoms with E-state index in [2.05, 4.69) is 10.3 Å². The maximum Gasteiger partial charge on any atom is 0.266 e. The van der Waals surface area contributed by atoms with E-state index >= 15 is 0 Å². The summed E-state index contributed by atoms with van der Waals surface area (Å²) in [7, 11) is 0. The summed E-state index contributed by atoms with van der Waals surface area (Å²) in [6.07, 6.45) is 0.595. The molecule has 1 heterocycles. The molecule has 0 fully saturated rings. The lowest BCUT2D eigenvalue weighted by Gasteiger charge is -2.13. The fourth-order valence-corrected chi connectivity index (χ4v) is 4.26. The van der Waals surface area contributed by atoms with E-state index in [1.54, 1.807) is 54.6 Å². The first-order valence-electron chi connectivity index (χ1n) is 9.93. The molecule has 8 heteroatoms. The van der Waals surface area contributed by atoms with Crippen molar-refractivity contribution in [2.24, 2.45) is 0 Å². The molecule has 0 radical (unpaired) electrons. The second kappa shape index (κ2) is 9.97. The zero-order valence-corrected chi connectivity index (χ0v) is 18.5. The van der Waals surface area contributed by atoms with Crippen molar-refractivity contribution < 1.29 is 9.18 Å². The third-order valence-electron chi connectivity index (χ3n) is 4.79. The highest BCUT2D eigenvalue weighted by Gasteiger charge is 2.15. The zero-order chi connectivity index (χ0) is 22.5. The number of halogens is 2. The van der Waals surface area contributed by atoms with Crippen LogP contribution in [0.1, 0.15) is 5.56 Å². The monoisotopic (exact) mass is 467 g/mol. The fourth-order valence-electron chi connectivity index (χ4n) is 3.23. The highest BCUT2D eigenvalue weighted by Crippen LogP contribution is 2.22. The average Bonchev–Trinajstić information content (AvgIpc) is 2.79. The molecule has 3 aromatic carbocycles. The number of benzene rings is 3. The molecule has 162 valence electrons. The summed E-state index contributed by atoms with van der Waals surface area (Å²) in [6.45, 7) is 0.428. The van der Waals surface area contributed by atoms with Gasteiger partial charge in [0.25, 0.3) is 5.56 Å². The summed E-state index contributed by atoms with van der Waals surface area (Å²) < 4.78 is 14.5. The first kappa shape index (κ1) is 22.0. The van der Waals surface area contributed by atoms with Crippen LogP contribution in [0.15, 0.2) is 82.7 Å². The van der Waals surface area contributed by atoms with E-state index in [0.717, 1.165) is 5.56 Å². The van der Waals surface area contributed by atoms with Crippen LogP contribution >= 0.6 is 23.4 Å². The van der Waals surface area contributed by atoms with E-state index in [1.165, 1.54) is 28.5 Å². The fraction of sp³-hybridized carbons (Fsp3) is 0.125. The molecular formula is C24H19ClFN3O2S. The van der Waals surface area contributed by atoms with Gasteiger partial charge >= 0.3 is 0 Å². The van der Waals surface area contributed by atoms with Gasteiger partial charge in [-0.2, -0.15) is 0 Å². The van der Waals surface area contributed by atoms with Gasteiger partial charge in [0, 0.05) is 11.6 Å². The van der Waals surface area contributed by atoms with Crippen molar-refractivity contribution in [2.75, 3.05) is 12.3 Å². The molecule has 4 aromatic rings. The quantitative estimate of drug-likeness (QED) is 0.318. The van der Waals surface area contributed by atoms with E-state index in [0.29, 0.717) is 39.7 Å². The maximum atomic E-state index is 13.2. The first-order valence-corrected chi connectivity index (χ1v) is 11.3.